The van der Waals surface area contributed by atoms with E-state index in [1.807, 2.05) is 65.7 Å². The number of hydrogen-bond donors (Lipinski definition) is 1. The molecular weight excluding hydrogens is 510 g/mol. The predicted octanol–water partition coefficient (Wildman–Crippen LogP) is 5.72. The number of amides is 1. The van der Waals surface area contributed by atoms with Gasteiger partial charge >= 0.3 is 0 Å². The number of halogens is 1. The lowest BCUT2D eigenvalue weighted by Crippen LogP contribution is -2.49. The van der Waals surface area contributed by atoms with E-state index in [-0.39, 0.29) is 23.2 Å². The lowest BCUT2D eigenvalue weighted by Gasteiger charge is -2.38. The molecule has 190 valence electrons. The third-order valence-corrected chi connectivity index (χ3v) is 8.42. The molecule has 7 rings (SSSR count). The zero-order valence-corrected chi connectivity index (χ0v) is 21.4. The molecule has 1 amide bonds. The zero-order valence-electron chi connectivity index (χ0n) is 20.6. The number of rotatable bonds is 4. The first-order chi connectivity index (χ1) is 19.0. The summed E-state index contributed by atoms with van der Waals surface area (Å²) in [6.45, 7) is 0. The minimum Gasteiger partial charge on any atom is -0.358 e. The Labute approximate surface area is 229 Å². The summed E-state index contributed by atoms with van der Waals surface area (Å²) in [5, 5.41) is 3.55. The third-order valence-electron chi connectivity index (χ3n) is 8.17. The van der Waals surface area contributed by atoms with Crippen LogP contribution in [0, 0.1) is 5.92 Å². The number of anilines is 1. The van der Waals surface area contributed by atoms with Crippen LogP contribution in [-0.4, -0.2) is 33.4 Å². The van der Waals surface area contributed by atoms with Crippen LogP contribution >= 0.6 is 11.6 Å². The number of aromatic nitrogens is 1. The summed E-state index contributed by atoms with van der Waals surface area (Å²) in [4.78, 5) is 49.6. The summed E-state index contributed by atoms with van der Waals surface area (Å²) in [5.74, 6) is -1.97. The molecule has 4 heterocycles. The van der Waals surface area contributed by atoms with Gasteiger partial charge in [-0.2, -0.15) is 0 Å². The van der Waals surface area contributed by atoms with Crippen LogP contribution in [-0.2, 0) is 10.2 Å². The molecule has 0 bridgehead atoms. The number of fused-ring (bicyclic) bond motifs is 6. The Morgan fingerprint density at radius 1 is 0.872 bits per heavy atom. The number of Topliss-reactive ketones (excluding diaryl/α,β-unsaturated/α-hetero) is 2. The Kier molecular flexibility index (Phi) is 5.28. The van der Waals surface area contributed by atoms with E-state index >= 15 is 0 Å². The molecule has 1 fully saturated rings. The fraction of sp³-hybridized carbons (Fsp3) is 0.125. The van der Waals surface area contributed by atoms with Crippen LogP contribution in [0.1, 0.15) is 43.6 Å². The maximum atomic E-state index is 14.6. The first-order valence-corrected chi connectivity index (χ1v) is 13.1. The highest BCUT2D eigenvalue weighted by Gasteiger charge is 2.70. The molecule has 3 aromatic carbocycles. The maximum absolute atomic E-state index is 14.6. The van der Waals surface area contributed by atoms with Gasteiger partial charge < -0.3 is 10.2 Å². The van der Waals surface area contributed by atoms with Gasteiger partial charge in [0, 0.05) is 28.7 Å². The summed E-state index contributed by atoms with van der Waals surface area (Å²) >= 11 is 6.13. The van der Waals surface area contributed by atoms with E-state index in [0.29, 0.717) is 21.8 Å². The number of carbonyl (C=O) groups excluding carboxylic acids is 3. The van der Waals surface area contributed by atoms with Crippen molar-refractivity contribution in [2.45, 2.75) is 17.5 Å². The SMILES string of the molecule is O=C(c1ccc(Cl)cc1)[C@@H]1[C@@H](C(=O)c2ccccn2)[C@@]2(C(=O)Nc3ccccc32)[C@H]2c3ccccc3C=CN12. The van der Waals surface area contributed by atoms with E-state index in [2.05, 4.69) is 10.3 Å². The van der Waals surface area contributed by atoms with E-state index in [0.717, 1.165) is 11.1 Å². The molecule has 1 N–H and O–H groups in total. The summed E-state index contributed by atoms with van der Waals surface area (Å²) in [6, 6.07) is 25.5. The summed E-state index contributed by atoms with van der Waals surface area (Å²) in [5.41, 5.74) is 2.43. The minimum atomic E-state index is -1.38. The smallest absolute Gasteiger partial charge is 0.238 e. The second kappa shape index (κ2) is 8.75. The van der Waals surface area contributed by atoms with Gasteiger partial charge in [0.2, 0.25) is 5.91 Å². The van der Waals surface area contributed by atoms with Crippen LogP contribution in [0.15, 0.2) is 103 Å². The van der Waals surface area contributed by atoms with Crippen LogP contribution in [0.4, 0.5) is 5.69 Å². The highest BCUT2D eigenvalue weighted by atomic mass is 35.5. The minimum absolute atomic E-state index is 0.213. The summed E-state index contributed by atoms with van der Waals surface area (Å²) in [7, 11) is 0. The zero-order chi connectivity index (χ0) is 26.7. The normalized spacial score (nSPS) is 24.2. The van der Waals surface area contributed by atoms with Crippen LogP contribution in [0.25, 0.3) is 6.08 Å². The molecule has 4 aromatic rings. The number of ketones is 2. The monoisotopic (exact) mass is 531 g/mol. The number of carbonyl (C=O) groups is 3. The number of nitrogens with zero attached hydrogens (tertiary/aromatic N) is 2. The van der Waals surface area contributed by atoms with Gasteiger partial charge in [0.05, 0.1) is 12.0 Å². The molecule has 3 aliphatic rings. The van der Waals surface area contributed by atoms with Crippen LogP contribution in [0.3, 0.4) is 0 Å². The first kappa shape index (κ1) is 23.6. The van der Waals surface area contributed by atoms with Crippen molar-refractivity contribution in [1.82, 2.24) is 9.88 Å². The van der Waals surface area contributed by atoms with Gasteiger partial charge in [-0.05, 0) is 65.2 Å². The van der Waals surface area contributed by atoms with E-state index in [1.54, 1.807) is 48.7 Å². The molecule has 7 heteroatoms. The highest BCUT2D eigenvalue weighted by molar-refractivity contribution is 6.30. The molecule has 1 spiro atoms. The molecule has 0 saturated carbocycles. The molecule has 39 heavy (non-hydrogen) atoms. The average molecular weight is 532 g/mol. The van der Waals surface area contributed by atoms with E-state index in [1.165, 1.54) is 0 Å². The molecule has 6 nitrogen and oxygen atoms in total. The van der Waals surface area contributed by atoms with Gasteiger partial charge in [0.1, 0.15) is 17.2 Å². The van der Waals surface area contributed by atoms with Gasteiger partial charge in [-0.15, -0.1) is 0 Å². The van der Waals surface area contributed by atoms with E-state index < -0.39 is 23.4 Å². The molecule has 0 unspecified atom stereocenters. The second-order valence-electron chi connectivity index (χ2n) is 10.0. The third kappa shape index (κ3) is 3.28. The highest BCUT2D eigenvalue weighted by Crippen LogP contribution is 2.62. The van der Waals surface area contributed by atoms with Crippen molar-refractivity contribution < 1.29 is 14.4 Å². The Morgan fingerprint density at radius 3 is 2.41 bits per heavy atom. The average Bonchev–Trinajstić information content (AvgIpc) is 3.45. The standard InChI is InChI=1S/C32H22ClN3O3/c33-21-14-12-20(13-15-21)28(37)27-26(29(38)25-11-5-6-17-34-25)32(23-9-3-4-10-24(23)35-31(32)39)30-22-8-2-1-7-19(22)16-18-36(27)30/h1-18,26-27,30H,(H,35,39)/t26-,27-,30+,32+/m0/s1. The largest absolute Gasteiger partial charge is 0.358 e. The second-order valence-corrected chi connectivity index (χ2v) is 10.5. The summed E-state index contributed by atoms with van der Waals surface area (Å²) in [6.07, 6.45) is 5.34. The molecule has 0 radical (unpaired) electrons. The lowest BCUT2D eigenvalue weighted by molar-refractivity contribution is -0.122. The molecule has 1 aromatic heterocycles. The predicted molar refractivity (Wildman–Crippen MR) is 148 cm³/mol. The van der Waals surface area contributed by atoms with Crippen molar-refractivity contribution in [3.63, 3.8) is 0 Å². The van der Waals surface area contributed by atoms with Gasteiger partial charge in [-0.1, -0.05) is 60.1 Å². The Hall–Kier alpha value is -4.55. The van der Waals surface area contributed by atoms with Crippen molar-refractivity contribution in [3.8, 4) is 0 Å². The van der Waals surface area contributed by atoms with Crippen molar-refractivity contribution in [1.29, 1.82) is 0 Å². The number of pyridine rings is 1. The van der Waals surface area contributed by atoms with Crippen molar-refractivity contribution in [2.24, 2.45) is 5.92 Å². The van der Waals surface area contributed by atoms with Crippen molar-refractivity contribution >= 4 is 40.8 Å². The molecular formula is C32H22ClN3O3. The van der Waals surface area contributed by atoms with E-state index in [4.69, 9.17) is 11.6 Å². The molecule has 0 aliphatic carbocycles. The van der Waals surface area contributed by atoms with E-state index in [9.17, 15) is 14.4 Å². The fourth-order valence-electron chi connectivity index (χ4n) is 6.62. The van der Waals surface area contributed by atoms with Crippen LogP contribution < -0.4 is 5.32 Å². The summed E-state index contributed by atoms with van der Waals surface area (Å²) < 4.78 is 0. The topological polar surface area (TPSA) is 79.4 Å². The molecule has 1 saturated heterocycles. The quantitative estimate of drug-likeness (QED) is 0.341. The van der Waals surface area contributed by atoms with Gasteiger partial charge in [-0.3, -0.25) is 19.4 Å². The van der Waals surface area contributed by atoms with Crippen LogP contribution in [0.5, 0.6) is 0 Å². The van der Waals surface area contributed by atoms with Gasteiger partial charge in [-0.25, -0.2) is 0 Å². The van der Waals surface area contributed by atoms with Gasteiger partial charge in [0.25, 0.3) is 0 Å². The maximum Gasteiger partial charge on any atom is 0.238 e. The number of hydrogen-bond acceptors (Lipinski definition) is 5. The van der Waals surface area contributed by atoms with Crippen molar-refractivity contribution in [2.75, 3.05) is 5.32 Å². The lowest BCUT2D eigenvalue weighted by atomic mass is 9.63. The Balaban J connectivity index is 1.54. The van der Waals surface area contributed by atoms with Gasteiger partial charge in [0.15, 0.2) is 11.6 Å². The Morgan fingerprint density at radius 2 is 1.62 bits per heavy atom. The number of para-hydroxylation sites is 1. The Bertz CT molecular complexity index is 1680. The fourth-order valence-corrected chi connectivity index (χ4v) is 6.75. The number of benzene rings is 3. The first-order valence-electron chi connectivity index (χ1n) is 12.7. The van der Waals surface area contributed by atoms with Crippen LogP contribution in [0.2, 0.25) is 5.02 Å². The van der Waals surface area contributed by atoms with Crippen molar-refractivity contribution in [3.05, 3.63) is 136 Å². The molecule has 4 atom stereocenters. The number of nitrogens with one attached hydrogen (secondary N) is 1. The molecule has 3 aliphatic heterocycles.